The number of hydrogen-bond donors (Lipinski definition) is 1. The number of rotatable bonds is 2. The number of benzene rings is 1. The molecule has 0 bridgehead atoms. The number of alkyl halides is 3. The largest absolute Gasteiger partial charge is 0.418 e. The van der Waals surface area contributed by atoms with Gasteiger partial charge in [0.1, 0.15) is 0 Å². The molecule has 1 heterocycles. The second kappa shape index (κ2) is 4.80. The Morgan fingerprint density at radius 2 is 2.00 bits per heavy atom. The molecule has 1 aliphatic heterocycles. The van der Waals surface area contributed by atoms with E-state index in [-0.39, 0.29) is 24.3 Å². The van der Waals surface area contributed by atoms with Gasteiger partial charge in [0.15, 0.2) is 0 Å². The molecular weight excluding hydrogens is 243 g/mol. The molecule has 1 saturated heterocycles. The van der Waals surface area contributed by atoms with Crippen LogP contribution in [0.5, 0.6) is 0 Å². The predicted octanol–water partition coefficient (Wildman–Crippen LogP) is 2.91. The lowest BCUT2D eigenvalue weighted by molar-refractivity contribution is -0.137. The van der Waals surface area contributed by atoms with Crippen LogP contribution in [0.3, 0.4) is 0 Å². The molecule has 0 saturated carbocycles. The molecule has 1 N–H and O–H groups in total. The van der Waals surface area contributed by atoms with Crippen molar-refractivity contribution in [1.29, 1.82) is 0 Å². The molecule has 2 nitrogen and oxygen atoms in total. The number of aliphatic hydroxyl groups excluding tert-OH is 1. The fraction of sp³-hybridized carbons (Fsp3) is 0.538. The summed E-state index contributed by atoms with van der Waals surface area (Å²) in [5, 5.41) is 9.18. The monoisotopic (exact) mass is 259 g/mol. The maximum Gasteiger partial charge on any atom is 0.418 e. The molecule has 0 aliphatic carbocycles. The van der Waals surface area contributed by atoms with E-state index < -0.39 is 11.7 Å². The first-order chi connectivity index (χ1) is 8.45. The Morgan fingerprint density at radius 3 is 2.56 bits per heavy atom. The molecule has 5 heteroatoms. The van der Waals surface area contributed by atoms with E-state index in [1.54, 1.807) is 11.0 Å². The van der Waals surface area contributed by atoms with E-state index in [0.29, 0.717) is 6.54 Å². The van der Waals surface area contributed by atoms with Crippen LogP contribution in [-0.4, -0.2) is 24.3 Å². The van der Waals surface area contributed by atoms with E-state index >= 15 is 0 Å². The topological polar surface area (TPSA) is 23.5 Å². The summed E-state index contributed by atoms with van der Waals surface area (Å²) in [4.78, 5) is 1.74. The Labute approximate surface area is 104 Å². The van der Waals surface area contributed by atoms with Gasteiger partial charge in [-0.2, -0.15) is 13.2 Å². The van der Waals surface area contributed by atoms with E-state index in [1.807, 2.05) is 6.92 Å². The lowest BCUT2D eigenvalue weighted by Crippen LogP contribution is -2.32. The van der Waals surface area contributed by atoms with Crippen LogP contribution in [-0.2, 0) is 6.18 Å². The number of para-hydroxylation sites is 1. The van der Waals surface area contributed by atoms with Gasteiger partial charge in [-0.15, -0.1) is 0 Å². The van der Waals surface area contributed by atoms with Crippen molar-refractivity contribution in [2.75, 3.05) is 18.1 Å². The van der Waals surface area contributed by atoms with Crippen molar-refractivity contribution in [2.24, 2.45) is 5.92 Å². The van der Waals surface area contributed by atoms with E-state index in [0.717, 1.165) is 12.5 Å². The van der Waals surface area contributed by atoms with E-state index in [9.17, 15) is 18.3 Å². The average molecular weight is 259 g/mol. The molecule has 0 amide bonds. The second-order valence-corrected chi connectivity index (χ2v) is 4.68. The first-order valence-corrected chi connectivity index (χ1v) is 5.99. The SMILES string of the molecule is CC1C(CO)CCN1c1ccccc1C(F)(F)F. The molecular formula is C13H16F3NO. The minimum atomic E-state index is -4.34. The van der Waals surface area contributed by atoms with Crippen molar-refractivity contribution in [3.05, 3.63) is 29.8 Å². The van der Waals surface area contributed by atoms with E-state index in [4.69, 9.17) is 0 Å². The predicted molar refractivity (Wildman–Crippen MR) is 63.4 cm³/mol. The third kappa shape index (κ3) is 2.32. The quantitative estimate of drug-likeness (QED) is 0.882. The molecule has 0 radical (unpaired) electrons. The summed E-state index contributed by atoms with van der Waals surface area (Å²) in [6, 6.07) is 5.55. The summed E-state index contributed by atoms with van der Waals surface area (Å²) >= 11 is 0. The first kappa shape index (κ1) is 13.2. The highest BCUT2D eigenvalue weighted by Crippen LogP contribution is 2.39. The molecule has 100 valence electrons. The molecule has 2 rings (SSSR count). The highest BCUT2D eigenvalue weighted by molar-refractivity contribution is 5.56. The number of aliphatic hydroxyl groups is 1. The van der Waals surface area contributed by atoms with Gasteiger partial charge in [0.25, 0.3) is 0 Å². The maximum atomic E-state index is 12.9. The molecule has 2 atom stereocenters. The van der Waals surface area contributed by atoms with E-state index in [1.165, 1.54) is 12.1 Å². The number of anilines is 1. The summed E-state index contributed by atoms with van der Waals surface area (Å²) in [7, 11) is 0. The van der Waals surface area contributed by atoms with Gasteiger partial charge >= 0.3 is 6.18 Å². The Balaban J connectivity index is 2.35. The Hall–Kier alpha value is -1.23. The fourth-order valence-electron chi connectivity index (χ4n) is 2.55. The molecule has 0 aromatic heterocycles. The van der Waals surface area contributed by atoms with Gasteiger partial charge in [-0.1, -0.05) is 12.1 Å². The van der Waals surface area contributed by atoms with Crippen LogP contribution in [0.1, 0.15) is 18.9 Å². The van der Waals surface area contributed by atoms with Crippen LogP contribution in [0, 0.1) is 5.92 Å². The summed E-state index contributed by atoms with van der Waals surface area (Å²) in [5.41, 5.74) is -0.385. The van der Waals surface area contributed by atoms with Crippen LogP contribution in [0.15, 0.2) is 24.3 Å². The van der Waals surface area contributed by atoms with Crippen molar-refractivity contribution in [3.63, 3.8) is 0 Å². The molecule has 2 unspecified atom stereocenters. The summed E-state index contributed by atoms with van der Waals surface area (Å²) in [6.45, 7) is 2.44. The summed E-state index contributed by atoms with van der Waals surface area (Å²) in [6.07, 6.45) is -3.61. The van der Waals surface area contributed by atoms with Crippen LogP contribution < -0.4 is 4.90 Å². The smallest absolute Gasteiger partial charge is 0.396 e. The van der Waals surface area contributed by atoms with Crippen LogP contribution >= 0.6 is 0 Å². The van der Waals surface area contributed by atoms with Gasteiger partial charge in [-0.25, -0.2) is 0 Å². The van der Waals surface area contributed by atoms with Crippen LogP contribution in [0.4, 0.5) is 18.9 Å². The summed E-state index contributed by atoms with van der Waals surface area (Å²) < 4.78 is 38.8. The maximum absolute atomic E-state index is 12.9. The zero-order valence-electron chi connectivity index (χ0n) is 10.1. The lowest BCUT2D eigenvalue weighted by atomic mass is 10.0. The van der Waals surface area contributed by atoms with Crippen molar-refractivity contribution in [1.82, 2.24) is 0 Å². The van der Waals surface area contributed by atoms with Gasteiger partial charge < -0.3 is 10.0 Å². The van der Waals surface area contributed by atoms with Gasteiger partial charge in [0.2, 0.25) is 0 Å². The zero-order valence-corrected chi connectivity index (χ0v) is 10.1. The van der Waals surface area contributed by atoms with Gasteiger partial charge in [0, 0.05) is 30.8 Å². The van der Waals surface area contributed by atoms with Gasteiger partial charge in [-0.05, 0) is 25.5 Å². The van der Waals surface area contributed by atoms with Crippen molar-refractivity contribution in [2.45, 2.75) is 25.6 Å². The highest BCUT2D eigenvalue weighted by atomic mass is 19.4. The number of nitrogens with zero attached hydrogens (tertiary/aromatic N) is 1. The molecule has 1 aliphatic rings. The second-order valence-electron chi connectivity index (χ2n) is 4.68. The van der Waals surface area contributed by atoms with Crippen molar-refractivity contribution >= 4 is 5.69 Å². The van der Waals surface area contributed by atoms with E-state index in [2.05, 4.69) is 0 Å². The minimum Gasteiger partial charge on any atom is -0.396 e. The summed E-state index contributed by atoms with van der Waals surface area (Å²) in [5.74, 6) is 0.0475. The molecule has 18 heavy (non-hydrogen) atoms. The normalized spacial score (nSPS) is 24.6. The standard InChI is InChI=1S/C13H16F3NO/c1-9-10(8-18)6-7-17(9)12-5-3-2-4-11(12)13(14,15)16/h2-5,9-10,18H,6-8H2,1H3. The van der Waals surface area contributed by atoms with Crippen LogP contribution in [0.2, 0.25) is 0 Å². The van der Waals surface area contributed by atoms with Crippen molar-refractivity contribution in [3.8, 4) is 0 Å². The van der Waals surface area contributed by atoms with Crippen molar-refractivity contribution < 1.29 is 18.3 Å². The third-order valence-corrected chi connectivity index (χ3v) is 3.67. The zero-order chi connectivity index (χ0) is 13.3. The Kier molecular flexibility index (Phi) is 3.52. The number of halogens is 3. The first-order valence-electron chi connectivity index (χ1n) is 5.99. The molecule has 0 spiro atoms. The minimum absolute atomic E-state index is 0.0197. The Morgan fingerprint density at radius 1 is 1.33 bits per heavy atom. The Bertz CT molecular complexity index is 419. The fourth-order valence-corrected chi connectivity index (χ4v) is 2.55. The number of hydrogen-bond acceptors (Lipinski definition) is 2. The van der Waals surface area contributed by atoms with Crippen LogP contribution in [0.25, 0.3) is 0 Å². The van der Waals surface area contributed by atoms with Gasteiger partial charge in [-0.3, -0.25) is 0 Å². The molecule has 1 aromatic carbocycles. The average Bonchev–Trinajstić information content (AvgIpc) is 2.69. The van der Waals surface area contributed by atoms with Gasteiger partial charge in [0.05, 0.1) is 5.56 Å². The highest BCUT2D eigenvalue weighted by Gasteiger charge is 2.38. The lowest BCUT2D eigenvalue weighted by Gasteiger charge is -2.28. The molecule has 1 aromatic rings. The third-order valence-electron chi connectivity index (χ3n) is 3.67. The molecule has 1 fully saturated rings.